The molecule has 1 saturated heterocycles. The van der Waals surface area contributed by atoms with E-state index in [2.05, 4.69) is 20.3 Å². The summed E-state index contributed by atoms with van der Waals surface area (Å²) < 4.78 is 19.3. The molecule has 9 nitrogen and oxygen atoms in total. The first-order valence-electron chi connectivity index (χ1n) is 10.2. The smallest absolute Gasteiger partial charge is 0.323 e. The van der Waals surface area contributed by atoms with E-state index in [4.69, 9.17) is 16.3 Å². The van der Waals surface area contributed by atoms with Gasteiger partial charge in [-0.05, 0) is 12.1 Å². The molecule has 0 unspecified atom stereocenters. The number of hydrogen-bond donors (Lipinski definition) is 1. The number of piperazine rings is 1. The number of hydrogen-bond acceptors (Lipinski definition) is 6. The van der Waals surface area contributed by atoms with Gasteiger partial charge in [-0.3, -0.25) is 10.1 Å². The lowest BCUT2D eigenvalue weighted by Crippen LogP contribution is -2.51. The van der Waals surface area contributed by atoms with Crippen molar-refractivity contribution in [3.05, 3.63) is 77.1 Å². The first-order chi connectivity index (χ1) is 16.0. The minimum Gasteiger partial charge on any atom is -0.473 e. The first-order valence-corrected chi connectivity index (χ1v) is 10.5. The molecule has 0 radical (unpaired) electrons. The molecule has 1 aliphatic rings. The topological polar surface area (TPSA) is 101 Å². The van der Waals surface area contributed by atoms with Crippen molar-refractivity contribution < 1.29 is 18.7 Å². The fraction of sp³-hybridized carbons (Fsp3) is 0.227. The Hall–Kier alpha value is -3.79. The van der Waals surface area contributed by atoms with Gasteiger partial charge in [0.15, 0.2) is 11.0 Å². The molecule has 2 aromatic heterocycles. The number of urea groups is 1. The molecule has 0 spiro atoms. The van der Waals surface area contributed by atoms with Crippen LogP contribution in [0.3, 0.4) is 0 Å². The van der Waals surface area contributed by atoms with E-state index in [0.717, 1.165) is 0 Å². The van der Waals surface area contributed by atoms with Crippen LogP contribution in [0.1, 0.15) is 15.9 Å². The second kappa shape index (κ2) is 10.2. The number of ether oxygens (including phenoxy) is 1. The first kappa shape index (κ1) is 22.4. The lowest BCUT2D eigenvalue weighted by molar-refractivity contribution is 0.0671. The number of pyridine rings is 1. The van der Waals surface area contributed by atoms with Crippen LogP contribution in [0.15, 0.2) is 55.0 Å². The molecule has 11 heteroatoms. The maximum absolute atomic E-state index is 13.8. The number of nitrogens with zero attached hydrogens (tertiary/aromatic N) is 5. The van der Waals surface area contributed by atoms with Crippen molar-refractivity contribution in [2.24, 2.45) is 0 Å². The number of nitrogens with one attached hydrogen (secondary N) is 1. The summed E-state index contributed by atoms with van der Waals surface area (Å²) in [4.78, 5) is 40.6. The summed E-state index contributed by atoms with van der Waals surface area (Å²) in [6.07, 6.45) is 4.33. The van der Waals surface area contributed by atoms with Gasteiger partial charge in [0.2, 0.25) is 5.88 Å². The van der Waals surface area contributed by atoms with Crippen molar-refractivity contribution >= 4 is 29.4 Å². The molecule has 3 aromatic rings. The highest BCUT2D eigenvalue weighted by Crippen LogP contribution is 2.18. The molecule has 1 aliphatic heterocycles. The van der Waals surface area contributed by atoms with Crippen LogP contribution in [-0.4, -0.2) is 62.9 Å². The van der Waals surface area contributed by atoms with Gasteiger partial charge in [0.1, 0.15) is 12.4 Å². The van der Waals surface area contributed by atoms with Crippen molar-refractivity contribution in [3.8, 4) is 5.88 Å². The molecule has 170 valence electrons. The SMILES string of the molecule is O=C(Nc1nccnc1Cl)N1CCN(C(=O)c2ccnc(OCc3ccccc3F)c2)CC1. The van der Waals surface area contributed by atoms with Crippen molar-refractivity contribution in [1.29, 1.82) is 0 Å². The Morgan fingerprint density at radius 2 is 1.73 bits per heavy atom. The van der Waals surface area contributed by atoms with Crippen LogP contribution in [0, 0.1) is 5.82 Å². The Morgan fingerprint density at radius 1 is 1.00 bits per heavy atom. The molecule has 1 fully saturated rings. The van der Waals surface area contributed by atoms with Crippen molar-refractivity contribution in [2.75, 3.05) is 31.5 Å². The standard InChI is InChI=1S/C22H20ClFN6O3/c23-19-20(27-8-7-26-19)28-22(32)30-11-9-29(10-12-30)21(31)15-5-6-25-18(13-15)33-14-16-3-1-2-4-17(16)24/h1-8,13H,9-12,14H2,(H,27,28,32). The molecule has 0 aliphatic carbocycles. The highest BCUT2D eigenvalue weighted by atomic mass is 35.5. The highest BCUT2D eigenvalue weighted by molar-refractivity contribution is 6.32. The highest BCUT2D eigenvalue weighted by Gasteiger charge is 2.26. The predicted octanol–water partition coefficient (Wildman–Crippen LogP) is 3.23. The zero-order valence-corrected chi connectivity index (χ0v) is 18.2. The van der Waals surface area contributed by atoms with Gasteiger partial charge in [0.25, 0.3) is 5.91 Å². The molecule has 1 aromatic carbocycles. The molecule has 3 amide bonds. The second-order valence-corrected chi connectivity index (χ2v) is 7.53. The summed E-state index contributed by atoms with van der Waals surface area (Å²) >= 11 is 5.92. The monoisotopic (exact) mass is 470 g/mol. The third kappa shape index (κ3) is 5.53. The summed E-state index contributed by atoms with van der Waals surface area (Å²) in [5.74, 6) is -0.163. The average Bonchev–Trinajstić information content (AvgIpc) is 2.85. The van der Waals surface area contributed by atoms with Crippen LogP contribution in [0.25, 0.3) is 0 Å². The van der Waals surface area contributed by atoms with E-state index in [1.165, 1.54) is 30.7 Å². The van der Waals surface area contributed by atoms with Gasteiger partial charge in [-0.15, -0.1) is 0 Å². The molecule has 1 N–H and O–H groups in total. The Morgan fingerprint density at radius 3 is 2.48 bits per heavy atom. The summed E-state index contributed by atoms with van der Waals surface area (Å²) in [5.41, 5.74) is 0.797. The third-order valence-corrected chi connectivity index (χ3v) is 5.32. The van der Waals surface area contributed by atoms with Gasteiger partial charge < -0.3 is 14.5 Å². The van der Waals surface area contributed by atoms with Crippen LogP contribution in [0.5, 0.6) is 5.88 Å². The summed E-state index contributed by atoms with van der Waals surface area (Å²) in [6, 6.07) is 9.05. The molecule has 4 rings (SSSR count). The molecular weight excluding hydrogens is 451 g/mol. The quantitative estimate of drug-likeness (QED) is 0.614. The minimum absolute atomic E-state index is 0.000904. The normalized spacial score (nSPS) is 13.5. The lowest BCUT2D eigenvalue weighted by atomic mass is 10.2. The Labute approximate surface area is 194 Å². The number of anilines is 1. The van der Waals surface area contributed by atoms with Gasteiger partial charge >= 0.3 is 6.03 Å². The van der Waals surface area contributed by atoms with Crippen molar-refractivity contribution in [3.63, 3.8) is 0 Å². The number of carbonyl (C=O) groups excluding carboxylic acids is 2. The van der Waals surface area contributed by atoms with E-state index in [0.29, 0.717) is 37.3 Å². The maximum atomic E-state index is 13.8. The van der Waals surface area contributed by atoms with E-state index >= 15 is 0 Å². The van der Waals surface area contributed by atoms with Gasteiger partial charge in [-0.25, -0.2) is 24.1 Å². The van der Waals surface area contributed by atoms with E-state index in [-0.39, 0.29) is 41.2 Å². The molecule has 0 bridgehead atoms. The molecule has 0 atom stereocenters. The van der Waals surface area contributed by atoms with Gasteiger partial charge in [0.05, 0.1) is 0 Å². The van der Waals surface area contributed by atoms with Crippen LogP contribution < -0.4 is 10.1 Å². The number of carbonyl (C=O) groups is 2. The fourth-order valence-corrected chi connectivity index (χ4v) is 3.42. The minimum atomic E-state index is -0.367. The molecule has 0 saturated carbocycles. The Bertz CT molecular complexity index is 1160. The third-order valence-electron chi connectivity index (χ3n) is 5.05. The van der Waals surface area contributed by atoms with Crippen molar-refractivity contribution in [1.82, 2.24) is 24.8 Å². The van der Waals surface area contributed by atoms with E-state index < -0.39 is 0 Å². The lowest BCUT2D eigenvalue weighted by Gasteiger charge is -2.34. The predicted molar refractivity (Wildman–Crippen MR) is 119 cm³/mol. The van der Waals surface area contributed by atoms with Crippen LogP contribution in [-0.2, 0) is 6.61 Å². The summed E-state index contributed by atoms with van der Waals surface area (Å²) in [6.45, 7) is 1.40. The van der Waals surface area contributed by atoms with Gasteiger partial charge in [-0.1, -0.05) is 29.8 Å². The Kier molecular flexibility index (Phi) is 6.94. The number of benzene rings is 1. The van der Waals surface area contributed by atoms with E-state index in [9.17, 15) is 14.0 Å². The van der Waals surface area contributed by atoms with E-state index in [1.807, 2.05) is 0 Å². The molecule has 33 heavy (non-hydrogen) atoms. The van der Waals surface area contributed by atoms with Gasteiger partial charge in [-0.2, -0.15) is 0 Å². The van der Waals surface area contributed by atoms with Crippen molar-refractivity contribution in [2.45, 2.75) is 6.61 Å². The van der Waals surface area contributed by atoms with Crippen LogP contribution in [0.2, 0.25) is 5.15 Å². The molecule has 3 heterocycles. The number of rotatable bonds is 5. The largest absolute Gasteiger partial charge is 0.473 e. The maximum Gasteiger partial charge on any atom is 0.323 e. The number of halogens is 2. The average molecular weight is 471 g/mol. The van der Waals surface area contributed by atoms with E-state index in [1.54, 1.807) is 34.1 Å². The second-order valence-electron chi connectivity index (χ2n) is 7.17. The fourth-order valence-electron chi connectivity index (χ4n) is 3.27. The number of amides is 3. The summed E-state index contributed by atoms with van der Waals surface area (Å²) in [7, 11) is 0. The zero-order valence-electron chi connectivity index (χ0n) is 17.4. The molecular formula is C22H20ClFN6O3. The Balaban J connectivity index is 1.32. The van der Waals surface area contributed by atoms with Crippen LogP contribution >= 0.6 is 11.6 Å². The summed E-state index contributed by atoms with van der Waals surface area (Å²) in [5, 5.41) is 2.72. The van der Waals surface area contributed by atoms with Crippen LogP contribution in [0.4, 0.5) is 15.0 Å². The van der Waals surface area contributed by atoms with Gasteiger partial charge in [0, 0.05) is 62.0 Å². The zero-order chi connectivity index (χ0) is 23.2. The number of aromatic nitrogens is 3.